The van der Waals surface area contributed by atoms with Crippen LogP contribution in [0.15, 0.2) is 22.8 Å². The molecule has 5 atom stereocenters. The summed E-state index contributed by atoms with van der Waals surface area (Å²) in [6, 6.07) is 0.990. The number of rotatable bonds is 9. The number of carboxylic acids is 3. The van der Waals surface area contributed by atoms with Gasteiger partial charge in [0.05, 0.1) is 18.5 Å². The van der Waals surface area contributed by atoms with Gasteiger partial charge in [-0.1, -0.05) is 0 Å². The lowest BCUT2D eigenvalue weighted by molar-refractivity contribution is -0.140. The molecule has 12 heteroatoms. The Morgan fingerprint density at radius 1 is 0.848 bits per heavy atom. The Balaban J connectivity index is 0.000000247. The van der Waals surface area contributed by atoms with Crippen LogP contribution in [0.5, 0.6) is 0 Å². The van der Waals surface area contributed by atoms with E-state index < -0.39 is 36.0 Å². The van der Waals surface area contributed by atoms with Gasteiger partial charge >= 0.3 is 17.9 Å². The Kier molecular flexibility index (Phi) is 13.3. The lowest BCUT2D eigenvalue weighted by Crippen LogP contribution is -2.33. The van der Waals surface area contributed by atoms with Crippen molar-refractivity contribution in [3.8, 4) is 0 Å². The zero-order valence-electron chi connectivity index (χ0n) is 18.5. The highest BCUT2D eigenvalue weighted by molar-refractivity contribution is 5.73. The van der Waals surface area contributed by atoms with Crippen molar-refractivity contribution in [1.29, 1.82) is 0 Å². The second kappa shape index (κ2) is 15.3. The molecule has 0 saturated carbocycles. The number of carboxylic acid groups (broad SMARTS) is 3. The Hall–Kier alpha value is -2.51. The maximum atomic E-state index is 10.3. The number of nitrogens with two attached hydrogens (primary N) is 3. The van der Waals surface area contributed by atoms with Gasteiger partial charge in [-0.15, -0.1) is 0 Å². The summed E-state index contributed by atoms with van der Waals surface area (Å²) >= 11 is 0. The van der Waals surface area contributed by atoms with Crippen LogP contribution in [-0.2, 0) is 30.3 Å². The van der Waals surface area contributed by atoms with E-state index >= 15 is 0 Å². The van der Waals surface area contributed by atoms with Crippen LogP contribution in [0.25, 0.3) is 0 Å². The predicted octanol–water partition coefficient (Wildman–Crippen LogP) is 0.169. The molecule has 33 heavy (non-hydrogen) atoms. The van der Waals surface area contributed by atoms with Crippen LogP contribution in [0.2, 0.25) is 0 Å². The third-order valence-electron chi connectivity index (χ3n) is 5.03. The molecule has 9 N–H and O–H groups in total. The predicted molar refractivity (Wildman–Crippen MR) is 116 cm³/mol. The fraction of sp³-hybridized carbons (Fsp3) is 0.667. The largest absolute Gasteiger partial charge is 0.480 e. The Morgan fingerprint density at radius 2 is 1.30 bits per heavy atom. The molecule has 0 radical (unpaired) electrons. The van der Waals surface area contributed by atoms with Crippen LogP contribution in [0.1, 0.15) is 44.3 Å². The minimum atomic E-state index is -1.01. The van der Waals surface area contributed by atoms with Gasteiger partial charge in [0.15, 0.2) is 0 Å². The Labute approximate surface area is 192 Å². The minimum absolute atomic E-state index is 0.0705. The lowest BCUT2D eigenvalue weighted by atomic mass is 10.1. The van der Waals surface area contributed by atoms with Gasteiger partial charge in [0.25, 0.3) is 0 Å². The van der Waals surface area contributed by atoms with Gasteiger partial charge in [-0.3, -0.25) is 14.4 Å². The zero-order valence-corrected chi connectivity index (χ0v) is 18.5. The fourth-order valence-corrected chi connectivity index (χ4v) is 3.16. The van der Waals surface area contributed by atoms with Crippen molar-refractivity contribution in [2.45, 2.75) is 75.3 Å². The van der Waals surface area contributed by atoms with Crippen LogP contribution >= 0.6 is 0 Å². The van der Waals surface area contributed by atoms with Crippen LogP contribution < -0.4 is 17.2 Å². The van der Waals surface area contributed by atoms with Crippen LogP contribution in [0.4, 0.5) is 0 Å². The van der Waals surface area contributed by atoms with E-state index in [9.17, 15) is 14.4 Å². The SMILES string of the molecule is N[C@@H](C[C@@H]1CCCO1)C(=O)O.N[C@@H](C[C@H]1CCCO1)C(=O)O.N[C@@H](Cc1ccco1)C(=O)O. The number of ether oxygens (including phenoxy) is 2. The molecule has 3 rings (SSSR count). The van der Waals surface area contributed by atoms with Gasteiger partial charge in [-0.25, -0.2) is 0 Å². The van der Waals surface area contributed by atoms with E-state index in [2.05, 4.69) is 0 Å². The Morgan fingerprint density at radius 3 is 1.61 bits per heavy atom. The van der Waals surface area contributed by atoms with Crippen molar-refractivity contribution >= 4 is 17.9 Å². The highest BCUT2D eigenvalue weighted by atomic mass is 16.5. The first kappa shape index (κ1) is 28.5. The Bertz CT molecular complexity index is 668. The molecule has 0 unspecified atom stereocenters. The minimum Gasteiger partial charge on any atom is -0.480 e. The molecule has 1 aromatic heterocycles. The fourth-order valence-electron chi connectivity index (χ4n) is 3.16. The summed E-state index contributed by atoms with van der Waals surface area (Å²) in [4.78, 5) is 30.9. The first-order valence-corrected chi connectivity index (χ1v) is 10.8. The summed E-state index contributed by atoms with van der Waals surface area (Å²) in [5, 5.41) is 25.3. The van der Waals surface area contributed by atoms with E-state index in [-0.39, 0.29) is 18.6 Å². The second-order valence-electron chi connectivity index (χ2n) is 7.86. The summed E-state index contributed by atoms with van der Waals surface area (Å²) in [6.07, 6.45) is 6.69. The zero-order chi connectivity index (χ0) is 24.8. The van der Waals surface area contributed by atoms with Gasteiger partial charge in [0.1, 0.15) is 23.9 Å². The lowest BCUT2D eigenvalue weighted by Gasteiger charge is -2.11. The molecule has 0 amide bonds. The van der Waals surface area contributed by atoms with Gasteiger partial charge in [-0.05, 0) is 50.7 Å². The average Bonchev–Trinajstić information content (AvgIpc) is 3.53. The molecular formula is C21H35N3O9. The molecule has 2 aliphatic rings. The number of hydrogen-bond donors (Lipinski definition) is 6. The van der Waals surface area contributed by atoms with Crippen molar-refractivity contribution in [2.24, 2.45) is 17.2 Å². The van der Waals surface area contributed by atoms with Crippen molar-refractivity contribution in [2.75, 3.05) is 13.2 Å². The molecule has 0 spiro atoms. The van der Waals surface area contributed by atoms with Gasteiger partial charge in [0.2, 0.25) is 0 Å². The summed E-state index contributed by atoms with van der Waals surface area (Å²) in [7, 11) is 0. The summed E-state index contributed by atoms with van der Waals surface area (Å²) < 4.78 is 15.4. The third kappa shape index (κ3) is 12.3. The number of furan rings is 1. The quantitative estimate of drug-likeness (QED) is 0.282. The molecule has 2 saturated heterocycles. The highest BCUT2D eigenvalue weighted by Gasteiger charge is 2.23. The first-order chi connectivity index (χ1) is 15.6. The second-order valence-corrected chi connectivity index (χ2v) is 7.86. The van der Waals surface area contributed by atoms with Crippen molar-refractivity contribution < 1.29 is 43.6 Å². The van der Waals surface area contributed by atoms with Gasteiger partial charge in [-0.2, -0.15) is 0 Å². The number of aliphatic carboxylic acids is 3. The number of carbonyl (C=O) groups is 3. The molecule has 2 aliphatic heterocycles. The third-order valence-corrected chi connectivity index (χ3v) is 5.03. The molecule has 2 fully saturated rings. The smallest absolute Gasteiger partial charge is 0.320 e. The van der Waals surface area contributed by atoms with Gasteiger partial charge < -0.3 is 46.4 Å². The molecule has 188 valence electrons. The topological polar surface area (TPSA) is 222 Å². The van der Waals surface area contributed by atoms with Crippen LogP contribution in [-0.4, -0.2) is 76.8 Å². The molecule has 3 heterocycles. The molecule has 0 aromatic carbocycles. The van der Waals surface area contributed by atoms with Crippen molar-refractivity contribution in [3.63, 3.8) is 0 Å². The van der Waals surface area contributed by atoms with E-state index in [1.54, 1.807) is 12.1 Å². The van der Waals surface area contributed by atoms with E-state index in [0.717, 1.165) is 38.9 Å². The monoisotopic (exact) mass is 473 g/mol. The van der Waals surface area contributed by atoms with Crippen molar-refractivity contribution in [1.82, 2.24) is 0 Å². The van der Waals surface area contributed by atoms with Crippen LogP contribution in [0.3, 0.4) is 0 Å². The maximum absolute atomic E-state index is 10.3. The molecule has 12 nitrogen and oxygen atoms in total. The summed E-state index contributed by atoms with van der Waals surface area (Å²) in [6.45, 7) is 1.49. The summed E-state index contributed by atoms with van der Waals surface area (Å²) in [5.41, 5.74) is 15.9. The van der Waals surface area contributed by atoms with Crippen LogP contribution in [0, 0.1) is 0 Å². The van der Waals surface area contributed by atoms with Crippen molar-refractivity contribution in [3.05, 3.63) is 24.2 Å². The molecule has 1 aromatic rings. The van der Waals surface area contributed by atoms with E-state index in [0.29, 0.717) is 18.6 Å². The first-order valence-electron chi connectivity index (χ1n) is 10.8. The summed E-state index contributed by atoms with van der Waals surface area (Å²) in [5.74, 6) is -2.30. The van der Waals surface area contributed by atoms with E-state index in [1.807, 2.05) is 0 Å². The molecular weight excluding hydrogens is 438 g/mol. The molecule has 0 bridgehead atoms. The highest BCUT2D eigenvalue weighted by Crippen LogP contribution is 2.17. The van der Waals surface area contributed by atoms with E-state index in [1.165, 1.54) is 6.26 Å². The van der Waals surface area contributed by atoms with Gasteiger partial charge in [0, 0.05) is 19.6 Å². The molecule has 0 aliphatic carbocycles. The normalized spacial score (nSPS) is 22.2. The standard InChI is InChI=1S/2C7H13NO3.C7H9NO3/c3*8-6(7(9)10)4-5-2-1-3-11-5/h2*5-6H,1-4,8H2,(H,9,10);1-3,6H,4,8H2,(H,9,10)/t5-,6+;5-,6-;6-/m100/s1. The maximum Gasteiger partial charge on any atom is 0.320 e. The number of hydrogen-bond acceptors (Lipinski definition) is 9. The average molecular weight is 474 g/mol. The van der Waals surface area contributed by atoms with E-state index in [4.69, 9.17) is 46.4 Å².